The highest BCUT2D eigenvalue weighted by molar-refractivity contribution is 5.68. The standard InChI is InChI=1S/C24H37FO5/c1-30-24(29)11-5-3-2-4-9-19-20(23(28)16-22(19)27)15-14-18(26)13-12-17-8-6-7-10-21(17)25/h6-8,10,18-20,22-23,26-28H,2-5,9,11-16H2,1H3/t18?,19-,20-,22+,23-/m1/s1. The van der Waals surface area contributed by atoms with Crippen molar-refractivity contribution in [3.05, 3.63) is 35.6 Å². The Bertz CT molecular complexity index is 638. The van der Waals surface area contributed by atoms with Gasteiger partial charge < -0.3 is 20.1 Å². The maximum atomic E-state index is 13.7. The summed E-state index contributed by atoms with van der Waals surface area (Å²) in [4.78, 5) is 11.1. The van der Waals surface area contributed by atoms with Crippen LogP contribution in [0.3, 0.4) is 0 Å². The molecular weight excluding hydrogens is 387 g/mol. The van der Waals surface area contributed by atoms with Gasteiger partial charge in [-0.25, -0.2) is 4.39 Å². The van der Waals surface area contributed by atoms with Crippen LogP contribution >= 0.6 is 0 Å². The largest absolute Gasteiger partial charge is 0.469 e. The van der Waals surface area contributed by atoms with Crippen LogP contribution in [-0.4, -0.2) is 46.7 Å². The fourth-order valence-electron chi connectivity index (χ4n) is 4.64. The van der Waals surface area contributed by atoms with Gasteiger partial charge in [0, 0.05) is 6.42 Å². The van der Waals surface area contributed by atoms with E-state index in [1.54, 1.807) is 18.2 Å². The van der Waals surface area contributed by atoms with Gasteiger partial charge in [0.15, 0.2) is 0 Å². The summed E-state index contributed by atoms with van der Waals surface area (Å²) in [6.07, 6.45) is 5.92. The minimum absolute atomic E-state index is 0.0156. The van der Waals surface area contributed by atoms with Gasteiger partial charge in [-0.1, -0.05) is 37.5 Å². The fourth-order valence-corrected chi connectivity index (χ4v) is 4.64. The van der Waals surface area contributed by atoms with E-state index in [-0.39, 0.29) is 23.6 Å². The maximum Gasteiger partial charge on any atom is 0.305 e. The summed E-state index contributed by atoms with van der Waals surface area (Å²) in [7, 11) is 1.39. The number of carbonyl (C=O) groups excluding carboxylic acids is 1. The second-order valence-electron chi connectivity index (χ2n) is 8.59. The summed E-state index contributed by atoms with van der Waals surface area (Å²) in [5, 5.41) is 31.1. The van der Waals surface area contributed by atoms with Crippen molar-refractivity contribution < 1.29 is 29.2 Å². The normalized spacial score (nSPS) is 24.7. The van der Waals surface area contributed by atoms with E-state index >= 15 is 0 Å². The van der Waals surface area contributed by atoms with Gasteiger partial charge in [-0.05, 0) is 68.4 Å². The van der Waals surface area contributed by atoms with Gasteiger partial charge in [0.1, 0.15) is 5.82 Å². The number of unbranched alkanes of at least 4 members (excludes halogenated alkanes) is 3. The number of aryl methyl sites for hydroxylation is 1. The monoisotopic (exact) mass is 424 g/mol. The number of hydrogen-bond acceptors (Lipinski definition) is 5. The number of hydrogen-bond donors (Lipinski definition) is 3. The Morgan fingerprint density at radius 2 is 1.73 bits per heavy atom. The van der Waals surface area contributed by atoms with E-state index in [4.69, 9.17) is 0 Å². The Labute approximate surface area is 179 Å². The smallest absolute Gasteiger partial charge is 0.305 e. The molecule has 0 aromatic heterocycles. The highest BCUT2D eigenvalue weighted by Gasteiger charge is 2.40. The molecule has 2 rings (SSSR count). The molecule has 6 heteroatoms. The minimum Gasteiger partial charge on any atom is -0.469 e. The third-order valence-electron chi connectivity index (χ3n) is 6.46. The Morgan fingerprint density at radius 3 is 2.43 bits per heavy atom. The Kier molecular flexibility index (Phi) is 10.8. The maximum absolute atomic E-state index is 13.7. The number of benzene rings is 1. The zero-order valence-electron chi connectivity index (χ0n) is 18.0. The summed E-state index contributed by atoms with van der Waals surface area (Å²) >= 11 is 0. The van der Waals surface area contributed by atoms with Gasteiger partial charge in [0.05, 0.1) is 25.4 Å². The lowest BCUT2D eigenvalue weighted by Gasteiger charge is -2.24. The molecule has 0 radical (unpaired) electrons. The number of halogens is 1. The first-order valence-corrected chi connectivity index (χ1v) is 11.3. The lowest BCUT2D eigenvalue weighted by atomic mass is 9.84. The molecule has 3 N–H and O–H groups in total. The first-order valence-electron chi connectivity index (χ1n) is 11.3. The molecule has 0 aliphatic heterocycles. The van der Waals surface area contributed by atoms with Gasteiger partial charge in [0.2, 0.25) is 0 Å². The molecule has 0 saturated heterocycles. The first kappa shape index (κ1) is 24.8. The second-order valence-corrected chi connectivity index (χ2v) is 8.59. The molecule has 1 fully saturated rings. The Hall–Kier alpha value is -1.50. The molecular formula is C24H37FO5. The zero-order valence-corrected chi connectivity index (χ0v) is 18.0. The van der Waals surface area contributed by atoms with E-state index < -0.39 is 18.3 Å². The Morgan fingerprint density at radius 1 is 1.07 bits per heavy atom. The van der Waals surface area contributed by atoms with Gasteiger partial charge in [-0.2, -0.15) is 0 Å². The molecule has 1 aliphatic rings. The quantitative estimate of drug-likeness (QED) is 0.331. The van der Waals surface area contributed by atoms with Crippen molar-refractivity contribution in [3.8, 4) is 0 Å². The number of aliphatic hydroxyl groups is 3. The third-order valence-corrected chi connectivity index (χ3v) is 6.46. The highest BCUT2D eigenvalue weighted by Crippen LogP contribution is 2.39. The summed E-state index contributed by atoms with van der Waals surface area (Å²) in [5.74, 6) is -0.402. The van der Waals surface area contributed by atoms with E-state index in [1.165, 1.54) is 13.2 Å². The van der Waals surface area contributed by atoms with E-state index in [2.05, 4.69) is 4.74 Å². The molecule has 0 spiro atoms. The van der Waals surface area contributed by atoms with Gasteiger partial charge in [0.25, 0.3) is 0 Å². The SMILES string of the molecule is COC(=O)CCCCCC[C@@H]1[C@@H](CCC(O)CCc2ccccc2F)[C@H](O)C[C@@H]1O. The van der Waals surface area contributed by atoms with Crippen molar-refractivity contribution in [2.45, 2.75) is 88.9 Å². The third kappa shape index (κ3) is 7.97. The average Bonchev–Trinajstić information content (AvgIpc) is 3.00. The lowest BCUT2D eigenvalue weighted by Crippen LogP contribution is -2.24. The van der Waals surface area contributed by atoms with Crippen molar-refractivity contribution >= 4 is 5.97 Å². The van der Waals surface area contributed by atoms with Crippen LogP contribution in [0, 0.1) is 17.7 Å². The molecule has 170 valence electrons. The van der Waals surface area contributed by atoms with Crippen molar-refractivity contribution in [2.24, 2.45) is 11.8 Å². The molecule has 1 aliphatic carbocycles. The van der Waals surface area contributed by atoms with Gasteiger partial charge in [-0.3, -0.25) is 4.79 Å². The summed E-state index contributed by atoms with van der Waals surface area (Å²) in [6, 6.07) is 6.61. The van der Waals surface area contributed by atoms with Crippen molar-refractivity contribution in [2.75, 3.05) is 7.11 Å². The van der Waals surface area contributed by atoms with Crippen LogP contribution in [-0.2, 0) is 16.0 Å². The molecule has 1 aromatic carbocycles. The van der Waals surface area contributed by atoms with Gasteiger partial charge in [-0.15, -0.1) is 0 Å². The van der Waals surface area contributed by atoms with Crippen molar-refractivity contribution in [1.29, 1.82) is 0 Å². The number of esters is 1. The van der Waals surface area contributed by atoms with E-state index in [1.807, 2.05) is 0 Å². The van der Waals surface area contributed by atoms with E-state index in [0.717, 1.165) is 32.1 Å². The minimum atomic E-state index is -0.548. The number of aliphatic hydroxyl groups excluding tert-OH is 3. The topological polar surface area (TPSA) is 87.0 Å². The van der Waals surface area contributed by atoms with Crippen LogP contribution in [0.25, 0.3) is 0 Å². The van der Waals surface area contributed by atoms with Crippen LogP contribution in [0.5, 0.6) is 0 Å². The number of ether oxygens (including phenoxy) is 1. The molecule has 0 heterocycles. The number of carbonyl (C=O) groups is 1. The summed E-state index contributed by atoms with van der Waals surface area (Å²) in [5.41, 5.74) is 0.609. The first-order chi connectivity index (χ1) is 14.4. The molecule has 30 heavy (non-hydrogen) atoms. The average molecular weight is 425 g/mol. The summed E-state index contributed by atoms with van der Waals surface area (Å²) in [6.45, 7) is 0. The molecule has 1 saturated carbocycles. The van der Waals surface area contributed by atoms with Crippen LogP contribution in [0.1, 0.15) is 69.8 Å². The fraction of sp³-hybridized carbons (Fsp3) is 0.708. The van der Waals surface area contributed by atoms with Crippen molar-refractivity contribution in [3.63, 3.8) is 0 Å². The molecule has 5 atom stereocenters. The number of methoxy groups -OCH3 is 1. The molecule has 0 amide bonds. The van der Waals surface area contributed by atoms with Crippen LogP contribution in [0.15, 0.2) is 24.3 Å². The van der Waals surface area contributed by atoms with E-state index in [0.29, 0.717) is 44.1 Å². The summed E-state index contributed by atoms with van der Waals surface area (Å²) < 4.78 is 18.3. The zero-order chi connectivity index (χ0) is 21.9. The second kappa shape index (κ2) is 13.0. The molecule has 1 aromatic rings. The predicted molar refractivity (Wildman–Crippen MR) is 113 cm³/mol. The molecule has 1 unspecified atom stereocenters. The van der Waals surface area contributed by atoms with Gasteiger partial charge >= 0.3 is 5.97 Å². The van der Waals surface area contributed by atoms with Crippen LogP contribution in [0.2, 0.25) is 0 Å². The molecule has 0 bridgehead atoms. The Balaban J connectivity index is 1.70. The highest BCUT2D eigenvalue weighted by atomic mass is 19.1. The van der Waals surface area contributed by atoms with Crippen LogP contribution in [0.4, 0.5) is 4.39 Å². The van der Waals surface area contributed by atoms with Crippen LogP contribution < -0.4 is 0 Å². The number of rotatable bonds is 13. The molecule has 5 nitrogen and oxygen atoms in total. The lowest BCUT2D eigenvalue weighted by molar-refractivity contribution is -0.140. The van der Waals surface area contributed by atoms with Crippen molar-refractivity contribution in [1.82, 2.24) is 0 Å². The predicted octanol–water partition coefficient (Wildman–Crippen LogP) is 3.77. The van der Waals surface area contributed by atoms with E-state index in [9.17, 15) is 24.5 Å².